The van der Waals surface area contributed by atoms with Crippen molar-refractivity contribution in [3.05, 3.63) is 52.1 Å². The summed E-state index contributed by atoms with van der Waals surface area (Å²) in [6.07, 6.45) is 3.11. The molecule has 0 radical (unpaired) electrons. The number of alkyl halides is 1. The third-order valence-corrected chi connectivity index (χ3v) is 8.76. The van der Waals surface area contributed by atoms with Crippen LogP contribution in [0.5, 0.6) is 11.8 Å². The average molecular weight is 592 g/mol. The first-order chi connectivity index (χ1) is 20.7. The molecule has 2 saturated heterocycles. The summed E-state index contributed by atoms with van der Waals surface area (Å²) in [4.78, 5) is 37.4. The number of hydrogen-bond acceptors (Lipinski definition) is 9. The van der Waals surface area contributed by atoms with E-state index in [0.29, 0.717) is 30.0 Å². The zero-order valence-corrected chi connectivity index (χ0v) is 23.6. The predicted molar refractivity (Wildman–Crippen MR) is 156 cm³/mol. The number of phenolic OH excluding ortho intramolecular Hbond substituents is 1. The van der Waals surface area contributed by atoms with Crippen LogP contribution in [0.2, 0.25) is 0 Å². The van der Waals surface area contributed by atoms with Crippen molar-refractivity contribution >= 4 is 33.4 Å². The van der Waals surface area contributed by atoms with Crippen molar-refractivity contribution in [3.63, 3.8) is 0 Å². The Bertz CT molecular complexity index is 1830. The standard InChI is InChI=1S/C31H31F2N5O5/c1-16-26-25(29(41)43-27(16)21-11-20(39)10-17-4-2-5-22(33)24(17)21)28(35-23(40)13-34-19-6-7-19)37-30(36-26)42-15-31-8-3-9-38(31)14-18(32)12-31/h2,4-5,10-11,18-19,34,39H,3,6-9,12-15H2,1H3,(H,35,36,37,40)/t18-,31+/m1/s1. The van der Waals surface area contributed by atoms with Gasteiger partial charge in [0.05, 0.1) is 17.6 Å². The lowest BCUT2D eigenvalue weighted by Crippen LogP contribution is -2.43. The minimum Gasteiger partial charge on any atom is -0.508 e. The number of aryl methyl sites for hydroxylation is 1. The Morgan fingerprint density at radius 1 is 1.26 bits per heavy atom. The van der Waals surface area contributed by atoms with Crippen molar-refractivity contribution in [2.24, 2.45) is 0 Å². The maximum Gasteiger partial charge on any atom is 0.349 e. The zero-order chi connectivity index (χ0) is 29.9. The van der Waals surface area contributed by atoms with Crippen molar-refractivity contribution in [1.29, 1.82) is 0 Å². The van der Waals surface area contributed by atoms with Gasteiger partial charge in [-0.3, -0.25) is 9.69 Å². The Morgan fingerprint density at radius 2 is 2.09 bits per heavy atom. The van der Waals surface area contributed by atoms with Crippen molar-refractivity contribution in [3.8, 4) is 23.1 Å². The highest BCUT2D eigenvalue weighted by Gasteiger charge is 2.49. The summed E-state index contributed by atoms with van der Waals surface area (Å²) in [5.74, 6) is -1.16. The molecule has 3 aliphatic rings. The molecule has 4 aromatic rings. The number of aromatic hydroxyl groups is 1. The summed E-state index contributed by atoms with van der Waals surface area (Å²) < 4.78 is 41.3. The lowest BCUT2D eigenvalue weighted by Gasteiger charge is -2.30. The second-order valence-corrected chi connectivity index (χ2v) is 11.8. The number of nitrogens with zero attached hydrogens (tertiary/aromatic N) is 3. The van der Waals surface area contributed by atoms with Gasteiger partial charge in [0.1, 0.15) is 35.5 Å². The van der Waals surface area contributed by atoms with Crippen molar-refractivity contribution in [2.75, 3.05) is 31.6 Å². The molecule has 3 fully saturated rings. The van der Waals surface area contributed by atoms with Crippen LogP contribution in [0.15, 0.2) is 39.5 Å². The molecular formula is C31H31F2N5O5. The maximum atomic E-state index is 15.1. The zero-order valence-electron chi connectivity index (χ0n) is 23.6. The Hall–Kier alpha value is -4.16. The van der Waals surface area contributed by atoms with Crippen LogP contribution in [0.1, 0.15) is 37.7 Å². The van der Waals surface area contributed by atoms with E-state index < -0.39 is 29.1 Å². The summed E-state index contributed by atoms with van der Waals surface area (Å²) in [6.45, 7) is 2.96. The van der Waals surface area contributed by atoms with E-state index in [4.69, 9.17) is 9.15 Å². The van der Waals surface area contributed by atoms with Gasteiger partial charge in [-0.1, -0.05) is 12.1 Å². The number of halogens is 2. The maximum absolute atomic E-state index is 15.1. The lowest BCUT2D eigenvalue weighted by molar-refractivity contribution is -0.115. The highest BCUT2D eigenvalue weighted by Crippen LogP contribution is 2.41. The molecule has 0 unspecified atom stereocenters. The normalized spacial score (nSPS) is 21.9. The summed E-state index contributed by atoms with van der Waals surface area (Å²) in [5, 5.41) is 16.8. The molecule has 0 bridgehead atoms. The van der Waals surface area contributed by atoms with Gasteiger partial charge in [0.2, 0.25) is 5.91 Å². The molecule has 2 aromatic carbocycles. The Balaban J connectivity index is 1.34. The van der Waals surface area contributed by atoms with Crippen LogP contribution in [-0.2, 0) is 4.79 Å². The van der Waals surface area contributed by atoms with Crippen LogP contribution in [-0.4, -0.2) is 69.9 Å². The summed E-state index contributed by atoms with van der Waals surface area (Å²) in [6, 6.07) is 7.40. The van der Waals surface area contributed by atoms with Gasteiger partial charge in [0, 0.05) is 35.5 Å². The predicted octanol–water partition coefficient (Wildman–Crippen LogP) is 4.20. The molecule has 7 rings (SSSR count). The minimum atomic E-state index is -0.942. The number of nitrogens with one attached hydrogen (secondary N) is 2. The highest BCUT2D eigenvalue weighted by atomic mass is 19.1. The molecule has 1 saturated carbocycles. The fourth-order valence-electron chi connectivity index (χ4n) is 6.54. The van der Waals surface area contributed by atoms with E-state index in [9.17, 15) is 19.1 Å². The number of aromatic nitrogens is 2. The van der Waals surface area contributed by atoms with Gasteiger partial charge in [-0.05, 0) is 62.7 Å². The molecule has 1 amide bonds. The van der Waals surface area contributed by atoms with E-state index >= 15 is 4.39 Å². The van der Waals surface area contributed by atoms with E-state index in [1.807, 2.05) is 0 Å². The molecule has 43 heavy (non-hydrogen) atoms. The van der Waals surface area contributed by atoms with Gasteiger partial charge < -0.3 is 24.9 Å². The van der Waals surface area contributed by atoms with Gasteiger partial charge in [0.15, 0.2) is 5.82 Å². The molecule has 12 heteroatoms. The highest BCUT2D eigenvalue weighted by molar-refractivity contribution is 6.03. The van der Waals surface area contributed by atoms with E-state index in [1.165, 1.54) is 24.3 Å². The van der Waals surface area contributed by atoms with Gasteiger partial charge in [-0.25, -0.2) is 13.6 Å². The van der Waals surface area contributed by atoms with Crippen LogP contribution in [0.3, 0.4) is 0 Å². The van der Waals surface area contributed by atoms with Crippen LogP contribution >= 0.6 is 0 Å². The minimum absolute atomic E-state index is 0.0115. The van der Waals surface area contributed by atoms with E-state index in [-0.39, 0.29) is 58.3 Å². The number of fused-ring (bicyclic) bond motifs is 3. The fourth-order valence-corrected chi connectivity index (χ4v) is 6.54. The van der Waals surface area contributed by atoms with Crippen LogP contribution in [0, 0.1) is 12.7 Å². The second kappa shape index (κ2) is 10.5. The number of phenols is 1. The smallest absolute Gasteiger partial charge is 0.349 e. The second-order valence-electron chi connectivity index (χ2n) is 11.8. The molecule has 224 valence electrons. The van der Waals surface area contributed by atoms with Crippen molar-refractivity contribution in [2.45, 2.75) is 56.8 Å². The quantitative estimate of drug-likeness (QED) is 0.276. The molecule has 1 aliphatic carbocycles. The number of rotatable bonds is 8. The molecule has 0 spiro atoms. The lowest BCUT2D eigenvalue weighted by atomic mass is 9.95. The molecule has 10 nitrogen and oxygen atoms in total. The van der Waals surface area contributed by atoms with Gasteiger partial charge in [0.25, 0.3) is 0 Å². The van der Waals surface area contributed by atoms with Crippen molar-refractivity contribution in [1.82, 2.24) is 20.2 Å². The Morgan fingerprint density at radius 3 is 2.91 bits per heavy atom. The number of hydrogen-bond donors (Lipinski definition) is 3. The fraction of sp³-hybridized carbons (Fsp3) is 0.419. The first kappa shape index (κ1) is 27.7. The molecule has 2 aromatic heterocycles. The molecule has 2 atom stereocenters. The number of carbonyl (C=O) groups is 1. The number of ether oxygens (including phenoxy) is 1. The first-order valence-electron chi connectivity index (χ1n) is 14.5. The summed E-state index contributed by atoms with van der Waals surface area (Å²) >= 11 is 0. The van der Waals surface area contributed by atoms with Gasteiger partial charge >= 0.3 is 11.6 Å². The van der Waals surface area contributed by atoms with Crippen LogP contribution in [0.4, 0.5) is 14.6 Å². The molecule has 3 N–H and O–H groups in total. The SMILES string of the molecule is Cc1c(-c2cc(O)cc3cccc(F)c23)oc(=O)c2c(NC(=O)CNC3CC3)nc(OC[C@@]34CCCN3C[C@H](F)C4)nc12. The van der Waals surface area contributed by atoms with Gasteiger partial charge in [-0.15, -0.1) is 0 Å². The van der Waals surface area contributed by atoms with Crippen LogP contribution in [0.25, 0.3) is 33.0 Å². The first-order valence-corrected chi connectivity index (χ1v) is 14.5. The average Bonchev–Trinajstić information content (AvgIpc) is 3.64. The van der Waals surface area contributed by atoms with Gasteiger partial charge in [-0.2, -0.15) is 9.97 Å². The third-order valence-electron chi connectivity index (χ3n) is 8.76. The molecule has 4 heterocycles. The number of amides is 1. The number of carbonyl (C=O) groups excluding carboxylic acids is 1. The summed E-state index contributed by atoms with van der Waals surface area (Å²) in [7, 11) is 0. The van der Waals surface area contributed by atoms with Crippen LogP contribution < -0.4 is 21.0 Å². The number of benzene rings is 2. The Kier molecular flexibility index (Phi) is 6.77. The van der Waals surface area contributed by atoms with E-state index in [1.54, 1.807) is 13.0 Å². The third kappa shape index (κ3) is 5.08. The molecular weight excluding hydrogens is 560 g/mol. The van der Waals surface area contributed by atoms with E-state index in [2.05, 4.69) is 25.5 Å². The Labute approximate surface area is 245 Å². The number of anilines is 1. The van der Waals surface area contributed by atoms with E-state index in [0.717, 1.165) is 32.2 Å². The summed E-state index contributed by atoms with van der Waals surface area (Å²) in [5.41, 5.74) is -0.648. The van der Waals surface area contributed by atoms with Crippen molar-refractivity contribution < 1.29 is 27.8 Å². The monoisotopic (exact) mass is 591 g/mol. The molecule has 2 aliphatic heterocycles. The topological polar surface area (TPSA) is 130 Å². The largest absolute Gasteiger partial charge is 0.508 e.